The molecule has 8 heteroatoms. The van der Waals surface area contributed by atoms with Crippen LogP contribution in [-0.4, -0.2) is 30.6 Å². The number of nitrogens with one attached hydrogen (secondary N) is 1. The molecule has 0 heterocycles. The molecule has 0 aliphatic rings. The normalized spacial score (nSPS) is 14.1. The van der Waals surface area contributed by atoms with Gasteiger partial charge in [0.05, 0.1) is 13.5 Å². The Bertz CT molecular complexity index is 546. The minimum Gasteiger partial charge on any atom is -0.496 e. The van der Waals surface area contributed by atoms with Crippen LogP contribution in [0.2, 0.25) is 0 Å². The van der Waals surface area contributed by atoms with Gasteiger partial charge < -0.3 is 15.8 Å². The van der Waals surface area contributed by atoms with E-state index in [-0.39, 0.29) is 6.42 Å². The average Bonchev–Trinajstić information content (AvgIpc) is 2.37. The van der Waals surface area contributed by atoms with Crippen LogP contribution in [0.4, 0.5) is 13.2 Å². The standard InChI is InChI=1S/C13H15F3N2O3/c1-12(11(17)20,13(14,15)16)18-10(19)7-8-5-3-4-6-9(8)21-2/h3-6H,7H2,1-2H3,(H2,17,20)(H,18,19). The zero-order chi connectivity index (χ0) is 16.3. The molecule has 21 heavy (non-hydrogen) atoms. The number of para-hydroxylation sites is 1. The number of halogens is 3. The van der Waals surface area contributed by atoms with Crippen molar-refractivity contribution in [1.82, 2.24) is 5.32 Å². The van der Waals surface area contributed by atoms with Crippen LogP contribution in [0.3, 0.4) is 0 Å². The van der Waals surface area contributed by atoms with E-state index < -0.39 is 23.5 Å². The van der Waals surface area contributed by atoms with Crippen molar-refractivity contribution in [2.75, 3.05) is 7.11 Å². The number of carbonyl (C=O) groups excluding carboxylic acids is 2. The zero-order valence-corrected chi connectivity index (χ0v) is 11.5. The topological polar surface area (TPSA) is 81.4 Å². The zero-order valence-electron chi connectivity index (χ0n) is 11.5. The molecule has 0 aliphatic heterocycles. The van der Waals surface area contributed by atoms with E-state index in [4.69, 9.17) is 10.5 Å². The van der Waals surface area contributed by atoms with Gasteiger partial charge in [0.15, 0.2) is 0 Å². The van der Waals surface area contributed by atoms with Crippen molar-refractivity contribution in [3.63, 3.8) is 0 Å². The molecule has 0 saturated heterocycles. The number of carbonyl (C=O) groups is 2. The summed E-state index contributed by atoms with van der Waals surface area (Å²) in [4.78, 5) is 22.8. The van der Waals surface area contributed by atoms with E-state index in [0.717, 1.165) is 0 Å². The summed E-state index contributed by atoms with van der Waals surface area (Å²) in [5, 5.41) is 1.64. The lowest BCUT2D eigenvalue weighted by atomic mass is 10.00. The van der Waals surface area contributed by atoms with Crippen molar-refractivity contribution >= 4 is 11.8 Å². The number of nitrogens with two attached hydrogens (primary N) is 1. The molecule has 1 unspecified atom stereocenters. The molecule has 0 spiro atoms. The van der Waals surface area contributed by atoms with Crippen molar-refractivity contribution in [2.45, 2.75) is 25.1 Å². The molecule has 3 N–H and O–H groups in total. The highest BCUT2D eigenvalue weighted by Crippen LogP contribution is 2.30. The Kier molecular flexibility index (Phi) is 4.82. The van der Waals surface area contributed by atoms with Crippen LogP contribution < -0.4 is 15.8 Å². The van der Waals surface area contributed by atoms with E-state index in [1.165, 1.54) is 13.2 Å². The number of alkyl halides is 3. The van der Waals surface area contributed by atoms with Gasteiger partial charge in [-0.1, -0.05) is 18.2 Å². The van der Waals surface area contributed by atoms with Gasteiger partial charge in [0.2, 0.25) is 11.4 Å². The summed E-state index contributed by atoms with van der Waals surface area (Å²) in [5.41, 5.74) is 2.03. The number of benzene rings is 1. The lowest BCUT2D eigenvalue weighted by Crippen LogP contribution is -2.64. The van der Waals surface area contributed by atoms with Crippen molar-refractivity contribution < 1.29 is 27.5 Å². The first-order chi connectivity index (χ1) is 9.61. The summed E-state index contributed by atoms with van der Waals surface area (Å²) in [6.45, 7) is 0.523. The van der Waals surface area contributed by atoms with Crippen molar-refractivity contribution in [2.24, 2.45) is 5.73 Å². The molecule has 1 atom stereocenters. The van der Waals surface area contributed by atoms with Crippen LogP contribution in [0, 0.1) is 0 Å². The highest BCUT2D eigenvalue weighted by atomic mass is 19.4. The van der Waals surface area contributed by atoms with Gasteiger partial charge in [-0.05, 0) is 13.0 Å². The maximum Gasteiger partial charge on any atom is 0.420 e. The third-order valence-corrected chi connectivity index (χ3v) is 2.99. The quantitative estimate of drug-likeness (QED) is 0.856. The van der Waals surface area contributed by atoms with E-state index in [2.05, 4.69) is 0 Å². The molecule has 0 saturated carbocycles. The van der Waals surface area contributed by atoms with Crippen LogP contribution in [0.1, 0.15) is 12.5 Å². The fourth-order valence-electron chi connectivity index (χ4n) is 1.62. The van der Waals surface area contributed by atoms with Gasteiger partial charge in [-0.25, -0.2) is 0 Å². The van der Waals surface area contributed by atoms with Crippen LogP contribution in [0.5, 0.6) is 5.75 Å². The van der Waals surface area contributed by atoms with Gasteiger partial charge in [0.1, 0.15) is 5.75 Å². The van der Waals surface area contributed by atoms with E-state index in [9.17, 15) is 22.8 Å². The molecule has 0 aromatic heterocycles. The lowest BCUT2D eigenvalue weighted by molar-refractivity contribution is -0.195. The molecule has 1 aromatic rings. The van der Waals surface area contributed by atoms with E-state index >= 15 is 0 Å². The molecule has 1 aromatic carbocycles. The fourth-order valence-corrected chi connectivity index (χ4v) is 1.62. The smallest absolute Gasteiger partial charge is 0.420 e. The molecule has 0 aliphatic carbocycles. The maximum absolute atomic E-state index is 12.9. The first-order valence-electron chi connectivity index (χ1n) is 5.91. The number of ether oxygens (including phenoxy) is 1. The van der Waals surface area contributed by atoms with Crippen LogP contribution in [-0.2, 0) is 16.0 Å². The number of hydrogen-bond acceptors (Lipinski definition) is 3. The van der Waals surface area contributed by atoms with Gasteiger partial charge in [0, 0.05) is 5.56 Å². The largest absolute Gasteiger partial charge is 0.496 e. The predicted octanol–water partition coefficient (Wildman–Crippen LogP) is 1.16. The summed E-state index contributed by atoms with van der Waals surface area (Å²) >= 11 is 0. The minimum atomic E-state index is -4.99. The van der Waals surface area contributed by atoms with E-state index in [1.54, 1.807) is 23.5 Å². The third kappa shape index (κ3) is 3.65. The van der Waals surface area contributed by atoms with E-state index in [1.807, 2.05) is 0 Å². The summed E-state index contributed by atoms with van der Waals surface area (Å²) in [6, 6.07) is 6.37. The number of methoxy groups -OCH3 is 1. The van der Waals surface area contributed by atoms with Gasteiger partial charge in [0.25, 0.3) is 5.91 Å². The Balaban J connectivity index is 2.92. The number of hydrogen-bond donors (Lipinski definition) is 2. The Hall–Kier alpha value is -2.25. The Labute approximate surface area is 119 Å². The molecule has 116 valence electrons. The second-order valence-corrected chi connectivity index (χ2v) is 4.52. The highest BCUT2D eigenvalue weighted by Gasteiger charge is 2.56. The molecule has 0 fully saturated rings. The molecule has 1 rings (SSSR count). The Morgan fingerprint density at radius 3 is 2.33 bits per heavy atom. The second-order valence-electron chi connectivity index (χ2n) is 4.52. The molecule has 0 radical (unpaired) electrons. The Morgan fingerprint density at radius 2 is 1.86 bits per heavy atom. The van der Waals surface area contributed by atoms with Crippen molar-refractivity contribution in [3.8, 4) is 5.75 Å². The second kappa shape index (κ2) is 6.02. The molecule has 5 nitrogen and oxygen atoms in total. The van der Waals surface area contributed by atoms with Gasteiger partial charge in [-0.3, -0.25) is 9.59 Å². The van der Waals surface area contributed by atoms with Crippen molar-refractivity contribution in [1.29, 1.82) is 0 Å². The first kappa shape index (κ1) is 16.8. The SMILES string of the molecule is COc1ccccc1CC(=O)NC(C)(C(N)=O)C(F)(F)F. The number of rotatable bonds is 5. The van der Waals surface area contributed by atoms with Gasteiger partial charge >= 0.3 is 6.18 Å². The van der Waals surface area contributed by atoms with Crippen LogP contribution in [0.15, 0.2) is 24.3 Å². The van der Waals surface area contributed by atoms with Gasteiger partial charge in [-0.2, -0.15) is 13.2 Å². The average molecular weight is 304 g/mol. The molecular formula is C13H15F3N2O3. The van der Waals surface area contributed by atoms with E-state index in [0.29, 0.717) is 18.2 Å². The van der Waals surface area contributed by atoms with Gasteiger partial charge in [-0.15, -0.1) is 0 Å². The summed E-state index contributed by atoms with van der Waals surface area (Å²) in [7, 11) is 1.37. The first-order valence-corrected chi connectivity index (χ1v) is 5.91. The van der Waals surface area contributed by atoms with Crippen molar-refractivity contribution in [3.05, 3.63) is 29.8 Å². The minimum absolute atomic E-state index is 0.362. The predicted molar refractivity (Wildman–Crippen MR) is 68.5 cm³/mol. The lowest BCUT2D eigenvalue weighted by Gasteiger charge is -2.29. The summed E-state index contributed by atoms with van der Waals surface area (Å²) in [5.74, 6) is -2.30. The molecular weight excluding hydrogens is 289 g/mol. The number of amides is 2. The fraction of sp³-hybridized carbons (Fsp3) is 0.385. The number of primary amides is 1. The third-order valence-electron chi connectivity index (χ3n) is 2.99. The molecule has 0 bridgehead atoms. The van der Waals surface area contributed by atoms with Crippen LogP contribution >= 0.6 is 0 Å². The summed E-state index contributed by atoms with van der Waals surface area (Å²) in [6.07, 6.45) is -5.36. The monoisotopic (exact) mass is 304 g/mol. The highest BCUT2D eigenvalue weighted by molar-refractivity contribution is 5.91. The Morgan fingerprint density at radius 1 is 1.29 bits per heavy atom. The molecule has 2 amide bonds. The van der Waals surface area contributed by atoms with Crippen LogP contribution in [0.25, 0.3) is 0 Å². The summed E-state index contributed by atoms with van der Waals surface area (Å²) < 4.78 is 43.6. The maximum atomic E-state index is 12.9.